The molecule has 0 saturated carbocycles. The molecule has 2 aromatic heterocycles. The van der Waals surface area contributed by atoms with Gasteiger partial charge in [0, 0.05) is 23.7 Å². The van der Waals surface area contributed by atoms with Gasteiger partial charge in [-0.05, 0) is 23.9 Å². The molecule has 0 aromatic carbocycles. The predicted molar refractivity (Wildman–Crippen MR) is 102 cm³/mol. The topological polar surface area (TPSA) is 42.3 Å². The van der Waals surface area contributed by atoms with Gasteiger partial charge in [-0.15, -0.1) is 11.3 Å². The lowest BCUT2D eigenvalue weighted by Crippen LogP contribution is -2.37. The average Bonchev–Trinajstić information content (AvgIpc) is 3.19. The van der Waals surface area contributed by atoms with Gasteiger partial charge in [0.1, 0.15) is 4.64 Å². The highest BCUT2D eigenvalue weighted by atomic mass is 35.5. The molecule has 0 aliphatic carbocycles. The van der Waals surface area contributed by atoms with Gasteiger partial charge >= 0.3 is 6.18 Å². The Morgan fingerprint density at radius 3 is 2.70 bits per heavy atom. The highest BCUT2D eigenvalue weighted by Crippen LogP contribution is 2.32. The molecule has 4 nitrogen and oxygen atoms in total. The minimum absolute atomic E-state index is 0.0155. The van der Waals surface area contributed by atoms with E-state index in [1.165, 1.54) is 15.9 Å². The van der Waals surface area contributed by atoms with E-state index in [2.05, 4.69) is 0 Å². The fourth-order valence-electron chi connectivity index (χ4n) is 3.02. The van der Waals surface area contributed by atoms with Crippen molar-refractivity contribution in [1.82, 2.24) is 9.47 Å². The van der Waals surface area contributed by atoms with E-state index in [-0.39, 0.29) is 33.9 Å². The first kappa shape index (κ1) is 20.8. The number of thiophene rings is 1. The summed E-state index contributed by atoms with van der Waals surface area (Å²) in [4.78, 5) is 2.84. The van der Waals surface area contributed by atoms with E-state index in [1.807, 2.05) is 22.4 Å². The number of alkyl halides is 3. The van der Waals surface area contributed by atoms with Crippen molar-refractivity contribution in [3.63, 3.8) is 0 Å². The summed E-state index contributed by atoms with van der Waals surface area (Å²) in [5.74, 6) is 0.0613. The highest BCUT2D eigenvalue weighted by molar-refractivity contribution is 7.91. The Morgan fingerprint density at radius 1 is 1.41 bits per heavy atom. The fourth-order valence-corrected chi connectivity index (χ4v) is 5.90. The van der Waals surface area contributed by atoms with Gasteiger partial charge in [0.15, 0.2) is 9.84 Å². The second kappa shape index (κ2) is 7.82. The van der Waals surface area contributed by atoms with Crippen LogP contribution >= 0.6 is 35.2 Å². The van der Waals surface area contributed by atoms with Crippen molar-refractivity contribution >= 4 is 45.0 Å². The number of sulfone groups is 1. The van der Waals surface area contributed by atoms with E-state index in [1.54, 1.807) is 0 Å². The van der Waals surface area contributed by atoms with Crippen LogP contribution in [0.25, 0.3) is 0 Å². The van der Waals surface area contributed by atoms with Crippen LogP contribution < -0.4 is 0 Å². The average molecular weight is 457 g/mol. The number of hydrogen-bond donors (Lipinski definition) is 0. The van der Waals surface area contributed by atoms with Crippen LogP contribution in [0.5, 0.6) is 0 Å². The van der Waals surface area contributed by atoms with Crippen LogP contribution in [-0.4, -0.2) is 35.4 Å². The lowest BCUT2D eigenvalue weighted by molar-refractivity contribution is -0.138. The van der Waals surface area contributed by atoms with Crippen LogP contribution in [0.2, 0.25) is 5.02 Å². The third-order valence-corrected chi connectivity index (χ3v) is 7.83. The molecular formula is C16H16ClF3N2O2S3. The molecule has 3 rings (SSSR count). The molecule has 1 fully saturated rings. The summed E-state index contributed by atoms with van der Waals surface area (Å²) < 4.78 is 64.5. The van der Waals surface area contributed by atoms with E-state index in [0.29, 0.717) is 13.0 Å². The Hall–Kier alpha value is -0.940. The standard InChI is InChI=1S/C16H16ClF3N2O2S3/c17-14-6-11(16(18,19)20)7-22(15(14)25)10-21(8-13-2-1-4-26-13)12-3-5-27(23,24)9-12/h1-2,4,6-7,12H,3,5,8-10H2/t12-/m0/s1. The smallest absolute Gasteiger partial charge is 0.324 e. The first-order valence-electron chi connectivity index (χ1n) is 7.99. The van der Waals surface area contributed by atoms with Crippen molar-refractivity contribution in [3.8, 4) is 0 Å². The van der Waals surface area contributed by atoms with E-state index < -0.39 is 21.6 Å². The molecule has 0 amide bonds. The van der Waals surface area contributed by atoms with E-state index in [4.69, 9.17) is 23.8 Å². The van der Waals surface area contributed by atoms with Gasteiger partial charge in [0.25, 0.3) is 0 Å². The maximum absolute atomic E-state index is 13.1. The van der Waals surface area contributed by atoms with Crippen molar-refractivity contribution < 1.29 is 21.6 Å². The SMILES string of the molecule is O=S1(=O)CC[C@H](N(Cc2cccs2)Cn2cc(C(F)(F)F)cc(Cl)c2=S)C1. The van der Waals surface area contributed by atoms with Crippen LogP contribution in [-0.2, 0) is 29.2 Å². The molecule has 1 saturated heterocycles. The summed E-state index contributed by atoms with van der Waals surface area (Å²) in [6.45, 7) is 0.452. The molecule has 1 aliphatic rings. The van der Waals surface area contributed by atoms with Crippen molar-refractivity contribution in [1.29, 1.82) is 0 Å². The van der Waals surface area contributed by atoms with Gasteiger partial charge in [-0.3, -0.25) is 4.90 Å². The Kier molecular flexibility index (Phi) is 6.02. The van der Waals surface area contributed by atoms with Gasteiger partial charge in [0.2, 0.25) is 0 Å². The third-order valence-electron chi connectivity index (χ3n) is 4.37. The molecule has 0 radical (unpaired) electrons. The van der Waals surface area contributed by atoms with Gasteiger partial charge in [-0.2, -0.15) is 13.2 Å². The fraction of sp³-hybridized carbons (Fsp3) is 0.438. The zero-order valence-corrected chi connectivity index (χ0v) is 17.2. The summed E-state index contributed by atoms with van der Waals surface area (Å²) in [6.07, 6.45) is -3.18. The summed E-state index contributed by atoms with van der Waals surface area (Å²) in [5.41, 5.74) is -0.892. The van der Waals surface area contributed by atoms with Gasteiger partial charge < -0.3 is 4.57 Å². The summed E-state index contributed by atoms with van der Waals surface area (Å²) in [7, 11) is -3.14. The number of pyridine rings is 1. The summed E-state index contributed by atoms with van der Waals surface area (Å²) in [6, 6.07) is 4.30. The van der Waals surface area contributed by atoms with Crippen molar-refractivity contribution in [2.75, 3.05) is 11.5 Å². The molecule has 3 heterocycles. The molecule has 148 valence electrons. The highest BCUT2D eigenvalue weighted by Gasteiger charge is 2.34. The Bertz CT molecular complexity index is 972. The van der Waals surface area contributed by atoms with Gasteiger partial charge in [0.05, 0.1) is 28.8 Å². The first-order chi connectivity index (χ1) is 12.5. The van der Waals surface area contributed by atoms with Gasteiger partial charge in [-0.1, -0.05) is 29.9 Å². The Balaban J connectivity index is 1.94. The molecule has 0 N–H and O–H groups in total. The maximum Gasteiger partial charge on any atom is 0.417 e. The van der Waals surface area contributed by atoms with Crippen LogP contribution in [0.1, 0.15) is 16.9 Å². The number of hydrogen-bond acceptors (Lipinski definition) is 5. The van der Waals surface area contributed by atoms with Crippen molar-refractivity contribution in [2.24, 2.45) is 0 Å². The molecule has 0 unspecified atom stereocenters. The lowest BCUT2D eigenvalue weighted by Gasteiger charge is -2.29. The van der Waals surface area contributed by atoms with Crippen LogP contribution in [0.4, 0.5) is 13.2 Å². The minimum Gasteiger partial charge on any atom is -0.324 e. The summed E-state index contributed by atoms with van der Waals surface area (Å²) in [5, 5.41) is 1.74. The monoisotopic (exact) mass is 456 g/mol. The Morgan fingerprint density at radius 2 is 2.15 bits per heavy atom. The van der Waals surface area contributed by atoms with Crippen LogP contribution in [0.15, 0.2) is 29.8 Å². The molecule has 11 heteroatoms. The second-order valence-corrected chi connectivity index (χ2v) is 10.4. The van der Waals surface area contributed by atoms with Crippen molar-refractivity contribution in [3.05, 3.63) is 49.9 Å². The maximum atomic E-state index is 13.1. The molecule has 1 aliphatic heterocycles. The van der Waals surface area contributed by atoms with E-state index in [9.17, 15) is 21.6 Å². The Labute approximate surface area is 169 Å². The second-order valence-electron chi connectivity index (χ2n) is 6.37. The van der Waals surface area contributed by atoms with Crippen molar-refractivity contribution in [2.45, 2.75) is 31.9 Å². The molecular weight excluding hydrogens is 441 g/mol. The van der Waals surface area contributed by atoms with Gasteiger partial charge in [-0.25, -0.2) is 8.42 Å². The predicted octanol–water partition coefficient (Wildman–Crippen LogP) is 4.60. The summed E-state index contributed by atoms with van der Waals surface area (Å²) >= 11 is 12.6. The first-order valence-corrected chi connectivity index (χ1v) is 11.5. The molecule has 2 aromatic rings. The van der Waals surface area contributed by atoms with E-state index in [0.717, 1.165) is 17.1 Å². The number of rotatable bonds is 5. The largest absolute Gasteiger partial charge is 0.417 e. The zero-order chi connectivity index (χ0) is 19.8. The van der Waals surface area contributed by atoms with Crippen LogP contribution in [0, 0.1) is 4.64 Å². The number of aromatic nitrogens is 1. The third kappa shape index (κ3) is 5.11. The molecule has 27 heavy (non-hydrogen) atoms. The number of nitrogens with zero attached hydrogens (tertiary/aromatic N) is 2. The van der Waals surface area contributed by atoms with Crippen LogP contribution in [0.3, 0.4) is 0 Å². The normalized spacial score (nSPS) is 19.7. The number of halogens is 4. The minimum atomic E-state index is -4.55. The lowest BCUT2D eigenvalue weighted by atomic mass is 10.2. The zero-order valence-electron chi connectivity index (χ0n) is 13.9. The van der Waals surface area contributed by atoms with E-state index >= 15 is 0 Å². The quantitative estimate of drug-likeness (QED) is 0.617. The molecule has 0 spiro atoms. The molecule has 1 atom stereocenters. The molecule has 0 bridgehead atoms.